The fourth-order valence-electron chi connectivity index (χ4n) is 1.28. The zero-order valence-electron chi connectivity index (χ0n) is 6.55. The number of hydrogen-bond acceptors (Lipinski definition) is 2. The fraction of sp³-hybridized carbons (Fsp3) is 0.111. The molecule has 0 unspecified atom stereocenters. The van der Waals surface area contributed by atoms with Crippen molar-refractivity contribution >= 4 is 61.6 Å². The quantitative estimate of drug-likeness (QED) is 0.572. The largest absolute Gasteiger partial charge is 0.142 e. The average Bonchev–Trinajstić information content (AvgIpc) is 2.51. The van der Waals surface area contributed by atoms with Gasteiger partial charge in [-0.15, -0.1) is 35.6 Å². The topological polar surface area (TPSA) is 0 Å². The van der Waals surface area contributed by atoms with E-state index in [4.69, 9.17) is 11.6 Å². The van der Waals surface area contributed by atoms with E-state index in [1.807, 2.05) is 17.5 Å². The molecule has 0 bridgehead atoms. The van der Waals surface area contributed by atoms with Crippen molar-refractivity contribution in [1.29, 1.82) is 0 Å². The molecule has 0 spiro atoms. The van der Waals surface area contributed by atoms with Gasteiger partial charge in [0.1, 0.15) is 0 Å². The molecule has 0 nitrogen and oxygen atoms in total. The Kier molecular flexibility index (Phi) is 2.88. The molecule has 0 aliphatic carbocycles. The van der Waals surface area contributed by atoms with Crippen molar-refractivity contribution in [3.63, 3.8) is 0 Å². The Labute approximate surface area is 99.4 Å². The number of alkyl halides is 1. The smallest absolute Gasteiger partial charge is 0.0499 e. The average molecular weight is 294 g/mol. The van der Waals surface area contributed by atoms with E-state index in [0.29, 0.717) is 5.88 Å². The first-order valence-electron chi connectivity index (χ1n) is 3.67. The second-order valence-corrected chi connectivity index (χ2v) is 5.15. The van der Waals surface area contributed by atoms with E-state index in [1.165, 1.54) is 10.1 Å². The molecule has 2 aromatic rings. The highest BCUT2D eigenvalue weighted by molar-refractivity contribution is 9.10. The van der Waals surface area contributed by atoms with Crippen LogP contribution < -0.4 is 0 Å². The van der Waals surface area contributed by atoms with E-state index >= 15 is 0 Å². The summed E-state index contributed by atoms with van der Waals surface area (Å²) in [6.07, 6.45) is 0. The maximum absolute atomic E-state index is 5.84. The number of halogens is 2. The molecule has 1 aromatic heterocycles. The van der Waals surface area contributed by atoms with Crippen LogP contribution in [-0.2, 0) is 5.88 Å². The summed E-state index contributed by atoms with van der Waals surface area (Å²) < 4.78 is 2.34. The van der Waals surface area contributed by atoms with E-state index in [9.17, 15) is 0 Å². The molecular formula is C9H6BrClS2. The van der Waals surface area contributed by atoms with Gasteiger partial charge in [0.05, 0.1) is 0 Å². The summed E-state index contributed by atoms with van der Waals surface area (Å²) in [7, 11) is 0. The first kappa shape index (κ1) is 9.84. The van der Waals surface area contributed by atoms with Crippen LogP contribution in [0.15, 0.2) is 26.9 Å². The Morgan fingerprint density at radius 2 is 2.23 bits per heavy atom. The number of rotatable bonds is 1. The fourth-order valence-corrected chi connectivity index (χ4v) is 3.49. The minimum atomic E-state index is 0.536. The van der Waals surface area contributed by atoms with Crippen LogP contribution in [0.25, 0.3) is 10.1 Å². The Balaban J connectivity index is 2.88. The summed E-state index contributed by atoms with van der Waals surface area (Å²) in [6, 6.07) is 4.07. The second-order valence-electron chi connectivity index (χ2n) is 2.67. The van der Waals surface area contributed by atoms with Crippen molar-refractivity contribution < 1.29 is 0 Å². The van der Waals surface area contributed by atoms with Crippen LogP contribution in [0.2, 0.25) is 0 Å². The van der Waals surface area contributed by atoms with Crippen molar-refractivity contribution in [2.45, 2.75) is 10.8 Å². The Bertz CT molecular complexity index is 450. The van der Waals surface area contributed by atoms with Crippen molar-refractivity contribution in [3.8, 4) is 0 Å². The summed E-state index contributed by atoms with van der Waals surface area (Å²) in [5.74, 6) is 0.536. The van der Waals surface area contributed by atoms with Crippen LogP contribution in [0.5, 0.6) is 0 Å². The van der Waals surface area contributed by atoms with Crippen molar-refractivity contribution in [3.05, 3.63) is 27.5 Å². The standard InChI is InChI=1S/C9H6BrClS2/c10-6-2-1-5(3-11)8-7(12)4-13-9(6)8/h1-2,4,12H,3H2. The summed E-state index contributed by atoms with van der Waals surface area (Å²) in [6.45, 7) is 0. The molecule has 2 rings (SSSR count). The molecule has 13 heavy (non-hydrogen) atoms. The third-order valence-corrected chi connectivity index (χ3v) is 4.64. The number of thiophene rings is 1. The first-order chi connectivity index (χ1) is 6.24. The van der Waals surface area contributed by atoms with Gasteiger partial charge in [0.2, 0.25) is 0 Å². The van der Waals surface area contributed by atoms with Gasteiger partial charge >= 0.3 is 0 Å². The highest BCUT2D eigenvalue weighted by Gasteiger charge is 2.08. The molecule has 0 atom stereocenters. The Morgan fingerprint density at radius 1 is 1.46 bits per heavy atom. The maximum Gasteiger partial charge on any atom is 0.0499 e. The van der Waals surface area contributed by atoms with E-state index < -0.39 is 0 Å². The van der Waals surface area contributed by atoms with Gasteiger partial charge in [-0.05, 0) is 27.6 Å². The molecule has 1 aromatic carbocycles. The van der Waals surface area contributed by atoms with E-state index in [-0.39, 0.29) is 0 Å². The molecule has 0 fully saturated rings. The molecule has 0 aliphatic heterocycles. The highest BCUT2D eigenvalue weighted by Crippen LogP contribution is 2.37. The van der Waals surface area contributed by atoms with Gasteiger partial charge in [-0.2, -0.15) is 0 Å². The molecular weight excluding hydrogens is 288 g/mol. The monoisotopic (exact) mass is 292 g/mol. The predicted molar refractivity (Wildman–Crippen MR) is 66.3 cm³/mol. The van der Waals surface area contributed by atoms with E-state index in [1.54, 1.807) is 11.3 Å². The van der Waals surface area contributed by atoms with E-state index in [2.05, 4.69) is 28.6 Å². The summed E-state index contributed by atoms with van der Waals surface area (Å²) >= 11 is 15.4. The number of fused-ring (bicyclic) bond motifs is 1. The van der Waals surface area contributed by atoms with Crippen molar-refractivity contribution in [2.75, 3.05) is 0 Å². The van der Waals surface area contributed by atoms with Crippen LogP contribution in [0.1, 0.15) is 5.56 Å². The zero-order valence-corrected chi connectivity index (χ0v) is 10.6. The van der Waals surface area contributed by atoms with Crippen LogP contribution in [0.4, 0.5) is 0 Å². The Morgan fingerprint density at radius 3 is 2.92 bits per heavy atom. The van der Waals surface area contributed by atoms with Crippen LogP contribution in [0.3, 0.4) is 0 Å². The predicted octanol–water partition coefficient (Wildman–Crippen LogP) is 4.69. The van der Waals surface area contributed by atoms with Gasteiger partial charge < -0.3 is 0 Å². The van der Waals surface area contributed by atoms with Gasteiger partial charge in [0.15, 0.2) is 0 Å². The van der Waals surface area contributed by atoms with Crippen LogP contribution in [0, 0.1) is 0 Å². The summed E-state index contributed by atoms with van der Waals surface area (Å²) in [5.41, 5.74) is 1.14. The lowest BCUT2D eigenvalue weighted by molar-refractivity contribution is 1.43. The maximum atomic E-state index is 5.84. The second kappa shape index (κ2) is 3.81. The normalized spacial score (nSPS) is 11.0. The first-order valence-corrected chi connectivity index (χ1v) is 6.33. The minimum absolute atomic E-state index is 0.536. The molecule has 0 amide bonds. The number of thiol groups is 1. The number of hydrogen-bond donors (Lipinski definition) is 1. The summed E-state index contributed by atoms with van der Waals surface area (Å²) in [4.78, 5) is 1.01. The molecule has 0 saturated carbocycles. The lowest BCUT2D eigenvalue weighted by atomic mass is 10.1. The van der Waals surface area contributed by atoms with Gasteiger partial charge in [0.25, 0.3) is 0 Å². The summed E-state index contributed by atoms with van der Waals surface area (Å²) in [5, 5.41) is 3.21. The molecule has 0 radical (unpaired) electrons. The highest BCUT2D eigenvalue weighted by atomic mass is 79.9. The third kappa shape index (κ3) is 1.63. The molecule has 0 saturated heterocycles. The minimum Gasteiger partial charge on any atom is -0.142 e. The van der Waals surface area contributed by atoms with Crippen molar-refractivity contribution in [1.82, 2.24) is 0 Å². The van der Waals surface area contributed by atoms with Crippen molar-refractivity contribution in [2.24, 2.45) is 0 Å². The molecule has 4 heteroatoms. The lowest BCUT2D eigenvalue weighted by Crippen LogP contribution is -1.79. The molecule has 0 N–H and O–H groups in total. The Hall–Kier alpha value is 0.300. The van der Waals surface area contributed by atoms with Gasteiger partial charge in [0, 0.05) is 30.7 Å². The SMILES string of the molecule is Sc1csc2c(Br)ccc(CCl)c12. The van der Waals surface area contributed by atoms with Gasteiger partial charge in [-0.25, -0.2) is 0 Å². The molecule has 68 valence electrons. The third-order valence-electron chi connectivity index (χ3n) is 1.88. The molecule has 0 aliphatic rings. The lowest BCUT2D eigenvalue weighted by Gasteiger charge is -2.01. The van der Waals surface area contributed by atoms with Gasteiger partial charge in [-0.3, -0.25) is 0 Å². The zero-order chi connectivity index (χ0) is 9.42. The molecule has 1 heterocycles. The number of benzene rings is 1. The van der Waals surface area contributed by atoms with Crippen LogP contribution in [-0.4, -0.2) is 0 Å². The van der Waals surface area contributed by atoms with Crippen LogP contribution >= 0.6 is 51.5 Å². The van der Waals surface area contributed by atoms with E-state index in [0.717, 1.165) is 14.9 Å². The van der Waals surface area contributed by atoms with Gasteiger partial charge in [-0.1, -0.05) is 6.07 Å².